The molecule has 0 radical (unpaired) electrons. The molecule has 0 atom stereocenters. The van der Waals surface area contributed by atoms with Crippen molar-refractivity contribution in [1.82, 2.24) is 0 Å². The molecule has 1 rings (SSSR count). The first-order valence-electron chi connectivity index (χ1n) is 2.74. The number of allylic oxidation sites excluding steroid dienone is 1. The van der Waals surface area contributed by atoms with Gasteiger partial charge in [-0.3, -0.25) is 4.79 Å². The van der Waals surface area contributed by atoms with Crippen LogP contribution >= 0.6 is 11.8 Å². The molecule has 0 saturated carbocycles. The lowest BCUT2D eigenvalue weighted by molar-refractivity contribution is -0.107. The van der Waals surface area contributed by atoms with Gasteiger partial charge in [0.2, 0.25) is 5.12 Å². The SMILES string of the molecule is COC1=CC(=O)SCC1. The lowest BCUT2D eigenvalue weighted by Crippen LogP contribution is -2.01. The summed E-state index contributed by atoms with van der Waals surface area (Å²) < 4.78 is 4.89. The van der Waals surface area contributed by atoms with Gasteiger partial charge in [0.15, 0.2) is 0 Å². The molecule has 1 heterocycles. The van der Waals surface area contributed by atoms with Crippen LogP contribution in [0.25, 0.3) is 0 Å². The molecule has 0 N–H and O–H groups in total. The predicted octanol–water partition coefficient (Wildman–Crippen LogP) is 1.18. The lowest BCUT2D eigenvalue weighted by atomic mass is 10.3. The van der Waals surface area contributed by atoms with E-state index in [1.165, 1.54) is 11.8 Å². The Bertz CT molecular complexity index is 151. The summed E-state index contributed by atoms with van der Waals surface area (Å²) in [7, 11) is 1.59. The molecular formula is C6H8O2S. The number of carbonyl (C=O) groups excluding carboxylic acids is 1. The maximum Gasteiger partial charge on any atom is 0.215 e. The summed E-state index contributed by atoms with van der Waals surface area (Å²) >= 11 is 1.34. The van der Waals surface area contributed by atoms with Crippen LogP contribution in [0, 0.1) is 0 Å². The Balaban J connectivity index is 2.59. The van der Waals surface area contributed by atoms with Gasteiger partial charge in [0.1, 0.15) is 5.76 Å². The zero-order valence-corrected chi connectivity index (χ0v) is 6.03. The minimum absolute atomic E-state index is 0.109. The topological polar surface area (TPSA) is 26.3 Å². The average Bonchev–Trinajstić information content (AvgIpc) is 1.88. The first-order chi connectivity index (χ1) is 4.33. The monoisotopic (exact) mass is 144 g/mol. The molecule has 9 heavy (non-hydrogen) atoms. The van der Waals surface area contributed by atoms with E-state index in [4.69, 9.17) is 4.74 Å². The Morgan fingerprint density at radius 3 is 3.00 bits per heavy atom. The number of rotatable bonds is 1. The summed E-state index contributed by atoms with van der Waals surface area (Å²) in [4.78, 5) is 10.6. The Morgan fingerprint density at radius 2 is 2.56 bits per heavy atom. The van der Waals surface area contributed by atoms with E-state index in [1.54, 1.807) is 13.2 Å². The highest BCUT2D eigenvalue weighted by Gasteiger charge is 2.09. The summed E-state index contributed by atoms with van der Waals surface area (Å²) in [5.74, 6) is 1.66. The molecule has 0 aromatic rings. The van der Waals surface area contributed by atoms with Crippen LogP contribution in [0.4, 0.5) is 0 Å². The number of methoxy groups -OCH3 is 1. The summed E-state index contributed by atoms with van der Waals surface area (Å²) in [6.45, 7) is 0. The Morgan fingerprint density at radius 1 is 1.78 bits per heavy atom. The molecule has 0 aliphatic carbocycles. The quantitative estimate of drug-likeness (QED) is 0.552. The molecule has 1 aliphatic rings. The molecule has 0 unspecified atom stereocenters. The Hall–Kier alpha value is -0.440. The van der Waals surface area contributed by atoms with E-state index in [0.29, 0.717) is 0 Å². The summed E-state index contributed by atoms with van der Waals surface area (Å²) in [5, 5.41) is 0.109. The fourth-order valence-electron chi connectivity index (χ4n) is 0.658. The third kappa shape index (κ3) is 1.75. The van der Waals surface area contributed by atoms with Crippen LogP contribution in [0.3, 0.4) is 0 Å². The molecule has 2 nitrogen and oxygen atoms in total. The third-order valence-corrected chi connectivity index (χ3v) is 1.94. The molecule has 0 aromatic heterocycles. The second kappa shape index (κ2) is 2.92. The maximum absolute atomic E-state index is 10.6. The minimum atomic E-state index is 0.109. The molecule has 3 heteroatoms. The first kappa shape index (κ1) is 6.68. The minimum Gasteiger partial charge on any atom is -0.501 e. The van der Waals surface area contributed by atoms with Crippen molar-refractivity contribution >= 4 is 16.9 Å². The smallest absolute Gasteiger partial charge is 0.215 e. The van der Waals surface area contributed by atoms with E-state index in [2.05, 4.69) is 0 Å². The number of ether oxygens (including phenoxy) is 1. The largest absolute Gasteiger partial charge is 0.501 e. The van der Waals surface area contributed by atoms with Crippen LogP contribution in [0.15, 0.2) is 11.8 Å². The van der Waals surface area contributed by atoms with Gasteiger partial charge in [0, 0.05) is 18.2 Å². The summed E-state index contributed by atoms with van der Waals surface area (Å²) in [6.07, 6.45) is 2.43. The molecule has 50 valence electrons. The van der Waals surface area contributed by atoms with Crippen LogP contribution in [0.2, 0.25) is 0 Å². The third-order valence-electron chi connectivity index (χ3n) is 1.13. The van der Waals surface area contributed by atoms with Crippen molar-refractivity contribution in [2.75, 3.05) is 12.9 Å². The van der Waals surface area contributed by atoms with E-state index in [-0.39, 0.29) is 5.12 Å². The normalized spacial score (nSPS) is 19.2. The second-order valence-corrected chi connectivity index (χ2v) is 2.83. The summed E-state index contributed by atoms with van der Waals surface area (Å²) in [6, 6.07) is 0. The predicted molar refractivity (Wildman–Crippen MR) is 37.2 cm³/mol. The molecule has 0 fully saturated rings. The van der Waals surface area contributed by atoms with Crippen molar-refractivity contribution < 1.29 is 9.53 Å². The number of carbonyl (C=O) groups is 1. The Labute approximate surface area is 58.3 Å². The van der Waals surface area contributed by atoms with Gasteiger partial charge in [0.05, 0.1) is 7.11 Å². The molecule has 0 saturated heterocycles. The standard InChI is InChI=1S/C6H8O2S/c1-8-5-2-3-9-6(7)4-5/h4H,2-3H2,1H3. The van der Waals surface area contributed by atoms with Crippen molar-refractivity contribution in [2.24, 2.45) is 0 Å². The zero-order chi connectivity index (χ0) is 6.69. The van der Waals surface area contributed by atoms with Crippen molar-refractivity contribution in [1.29, 1.82) is 0 Å². The highest BCUT2D eigenvalue weighted by atomic mass is 32.2. The van der Waals surface area contributed by atoms with Crippen LogP contribution < -0.4 is 0 Å². The second-order valence-electron chi connectivity index (χ2n) is 1.73. The van der Waals surface area contributed by atoms with E-state index >= 15 is 0 Å². The van der Waals surface area contributed by atoms with Crippen molar-refractivity contribution in [3.05, 3.63) is 11.8 Å². The highest BCUT2D eigenvalue weighted by Crippen LogP contribution is 2.17. The number of hydrogen-bond donors (Lipinski definition) is 0. The van der Waals surface area contributed by atoms with E-state index in [1.807, 2.05) is 0 Å². The summed E-state index contributed by atoms with van der Waals surface area (Å²) in [5.41, 5.74) is 0. The number of hydrogen-bond acceptors (Lipinski definition) is 3. The van der Waals surface area contributed by atoms with Crippen LogP contribution in [0.5, 0.6) is 0 Å². The van der Waals surface area contributed by atoms with Crippen LogP contribution in [-0.2, 0) is 9.53 Å². The van der Waals surface area contributed by atoms with Crippen molar-refractivity contribution in [2.45, 2.75) is 6.42 Å². The fourth-order valence-corrected chi connectivity index (χ4v) is 1.38. The maximum atomic E-state index is 10.6. The molecule has 0 amide bonds. The van der Waals surface area contributed by atoms with Gasteiger partial charge in [-0.25, -0.2) is 0 Å². The van der Waals surface area contributed by atoms with Crippen molar-refractivity contribution in [3.8, 4) is 0 Å². The van der Waals surface area contributed by atoms with Gasteiger partial charge in [-0.2, -0.15) is 0 Å². The lowest BCUT2D eigenvalue weighted by Gasteiger charge is -2.08. The van der Waals surface area contributed by atoms with Crippen LogP contribution in [-0.4, -0.2) is 18.0 Å². The number of thioether (sulfide) groups is 1. The fraction of sp³-hybridized carbons (Fsp3) is 0.500. The van der Waals surface area contributed by atoms with Gasteiger partial charge in [-0.05, 0) is 0 Å². The molecule has 0 bridgehead atoms. The van der Waals surface area contributed by atoms with E-state index in [0.717, 1.165) is 17.9 Å². The van der Waals surface area contributed by atoms with Gasteiger partial charge >= 0.3 is 0 Å². The molecule has 0 aromatic carbocycles. The van der Waals surface area contributed by atoms with E-state index < -0.39 is 0 Å². The van der Waals surface area contributed by atoms with E-state index in [9.17, 15) is 4.79 Å². The average molecular weight is 144 g/mol. The molecule has 0 spiro atoms. The van der Waals surface area contributed by atoms with Crippen LogP contribution in [0.1, 0.15) is 6.42 Å². The van der Waals surface area contributed by atoms with Gasteiger partial charge in [0.25, 0.3) is 0 Å². The van der Waals surface area contributed by atoms with Gasteiger partial charge in [-0.1, -0.05) is 11.8 Å². The Kier molecular flexibility index (Phi) is 2.16. The molecule has 1 aliphatic heterocycles. The zero-order valence-electron chi connectivity index (χ0n) is 5.22. The first-order valence-corrected chi connectivity index (χ1v) is 3.73. The highest BCUT2D eigenvalue weighted by molar-refractivity contribution is 8.14. The van der Waals surface area contributed by atoms with Gasteiger partial charge < -0.3 is 4.74 Å². The molecular weight excluding hydrogens is 136 g/mol. The van der Waals surface area contributed by atoms with Gasteiger partial charge in [-0.15, -0.1) is 0 Å². The van der Waals surface area contributed by atoms with Crippen molar-refractivity contribution in [3.63, 3.8) is 0 Å².